The smallest absolute Gasteiger partial charge is 0.129 e. The van der Waals surface area contributed by atoms with Gasteiger partial charge in [0.15, 0.2) is 0 Å². The molecule has 0 saturated carbocycles. The van der Waals surface area contributed by atoms with Gasteiger partial charge in [0.05, 0.1) is 0 Å². The van der Waals surface area contributed by atoms with E-state index in [0.717, 1.165) is 31.6 Å². The van der Waals surface area contributed by atoms with Crippen molar-refractivity contribution in [3.63, 3.8) is 0 Å². The van der Waals surface area contributed by atoms with Crippen LogP contribution in [0.3, 0.4) is 0 Å². The minimum absolute atomic E-state index is 0.0827. The van der Waals surface area contributed by atoms with Crippen molar-refractivity contribution in [1.29, 1.82) is 0 Å². The Morgan fingerprint density at radius 1 is 1.44 bits per heavy atom. The second-order valence-electron chi connectivity index (χ2n) is 5.61. The molecule has 0 spiro atoms. The van der Waals surface area contributed by atoms with Crippen molar-refractivity contribution >= 4 is 11.6 Å². The van der Waals surface area contributed by atoms with Gasteiger partial charge in [-0.1, -0.05) is 17.7 Å². The molecule has 4 heteroatoms. The number of nitrogens with zero attached hydrogens (tertiary/aromatic N) is 1. The fourth-order valence-electron chi connectivity index (χ4n) is 2.45. The number of halogens is 2. The maximum atomic E-state index is 13.8. The standard InChI is InChI=1S/C14H20ClFN2/c1-14(2)10-18(7-3-6-17-14)9-11-4-5-12(15)8-13(11)16/h4-5,8,17H,3,6-7,9-10H2,1-2H3. The molecule has 1 fully saturated rings. The lowest BCUT2D eigenvalue weighted by atomic mass is 10.1. The van der Waals surface area contributed by atoms with Crippen molar-refractivity contribution in [3.8, 4) is 0 Å². The first kappa shape index (κ1) is 13.8. The Balaban J connectivity index is 2.07. The van der Waals surface area contributed by atoms with Crippen LogP contribution in [-0.4, -0.2) is 30.1 Å². The van der Waals surface area contributed by atoms with Crippen LogP contribution in [0, 0.1) is 5.82 Å². The largest absolute Gasteiger partial charge is 0.310 e. The third-order valence-corrected chi connectivity index (χ3v) is 3.52. The predicted molar refractivity (Wildman–Crippen MR) is 73.4 cm³/mol. The normalized spacial score (nSPS) is 20.7. The van der Waals surface area contributed by atoms with E-state index in [2.05, 4.69) is 24.1 Å². The van der Waals surface area contributed by atoms with Crippen LogP contribution in [0.2, 0.25) is 5.02 Å². The van der Waals surface area contributed by atoms with Crippen LogP contribution < -0.4 is 5.32 Å². The topological polar surface area (TPSA) is 15.3 Å². The Morgan fingerprint density at radius 3 is 2.94 bits per heavy atom. The summed E-state index contributed by atoms with van der Waals surface area (Å²) in [7, 11) is 0. The molecule has 1 saturated heterocycles. The number of rotatable bonds is 2. The summed E-state index contributed by atoms with van der Waals surface area (Å²) in [6.45, 7) is 7.96. The highest BCUT2D eigenvalue weighted by Gasteiger charge is 2.24. The van der Waals surface area contributed by atoms with Gasteiger partial charge in [0.2, 0.25) is 0 Å². The lowest BCUT2D eigenvalue weighted by molar-refractivity contribution is 0.221. The molecular weight excluding hydrogens is 251 g/mol. The van der Waals surface area contributed by atoms with E-state index >= 15 is 0 Å². The molecule has 1 aliphatic heterocycles. The minimum atomic E-state index is -0.211. The van der Waals surface area contributed by atoms with Gasteiger partial charge in [-0.15, -0.1) is 0 Å². The van der Waals surface area contributed by atoms with E-state index in [1.165, 1.54) is 6.07 Å². The average molecular weight is 271 g/mol. The highest BCUT2D eigenvalue weighted by molar-refractivity contribution is 6.30. The lowest BCUT2D eigenvalue weighted by Gasteiger charge is -2.30. The Hall–Kier alpha value is -0.640. The second-order valence-corrected chi connectivity index (χ2v) is 6.05. The van der Waals surface area contributed by atoms with Crippen LogP contribution in [0.5, 0.6) is 0 Å². The minimum Gasteiger partial charge on any atom is -0.310 e. The zero-order valence-corrected chi connectivity index (χ0v) is 11.7. The third-order valence-electron chi connectivity index (χ3n) is 3.28. The highest BCUT2D eigenvalue weighted by Crippen LogP contribution is 2.18. The Kier molecular flexibility index (Phi) is 4.25. The van der Waals surface area contributed by atoms with Crippen molar-refractivity contribution in [2.75, 3.05) is 19.6 Å². The van der Waals surface area contributed by atoms with Crippen LogP contribution in [0.4, 0.5) is 4.39 Å². The number of benzene rings is 1. The molecule has 0 atom stereocenters. The molecule has 18 heavy (non-hydrogen) atoms. The van der Waals surface area contributed by atoms with Crippen molar-refractivity contribution in [2.24, 2.45) is 0 Å². The monoisotopic (exact) mass is 270 g/mol. The van der Waals surface area contributed by atoms with E-state index in [4.69, 9.17) is 11.6 Å². The van der Waals surface area contributed by atoms with Crippen molar-refractivity contribution in [2.45, 2.75) is 32.4 Å². The van der Waals surface area contributed by atoms with Gasteiger partial charge in [-0.3, -0.25) is 4.90 Å². The molecule has 1 aliphatic rings. The molecule has 0 amide bonds. The van der Waals surface area contributed by atoms with Crippen LogP contribution in [0.1, 0.15) is 25.8 Å². The van der Waals surface area contributed by atoms with Crippen LogP contribution in [0.15, 0.2) is 18.2 Å². The highest BCUT2D eigenvalue weighted by atomic mass is 35.5. The molecule has 2 rings (SSSR count). The van der Waals surface area contributed by atoms with Gasteiger partial charge in [-0.2, -0.15) is 0 Å². The predicted octanol–water partition coefficient (Wildman–Crippen LogP) is 3.05. The summed E-state index contributed by atoms with van der Waals surface area (Å²) >= 11 is 5.77. The molecule has 1 aromatic carbocycles. The number of hydrogen-bond donors (Lipinski definition) is 1. The zero-order chi connectivity index (χ0) is 13.2. The van der Waals surface area contributed by atoms with Gasteiger partial charge >= 0.3 is 0 Å². The maximum absolute atomic E-state index is 13.8. The fraction of sp³-hybridized carbons (Fsp3) is 0.571. The van der Waals surface area contributed by atoms with E-state index in [0.29, 0.717) is 11.6 Å². The summed E-state index contributed by atoms with van der Waals surface area (Å²) in [6, 6.07) is 4.92. The molecule has 2 nitrogen and oxygen atoms in total. The summed E-state index contributed by atoms with van der Waals surface area (Å²) < 4.78 is 13.8. The van der Waals surface area contributed by atoms with Crippen LogP contribution in [-0.2, 0) is 6.54 Å². The van der Waals surface area contributed by atoms with E-state index in [9.17, 15) is 4.39 Å². The summed E-state index contributed by atoms with van der Waals surface area (Å²) in [5.74, 6) is -0.211. The summed E-state index contributed by atoms with van der Waals surface area (Å²) in [6.07, 6.45) is 1.10. The second kappa shape index (κ2) is 5.55. The molecule has 0 bridgehead atoms. The Labute approximate surface area is 113 Å². The Morgan fingerprint density at radius 2 is 2.22 bits per heavy atom. The van der Waals surface area contributed by atoms with Gasteiger partial charge < -0.3 is 5.32 Å². The van der Waals surface area contributed by atoms with Gasteiger partial charge in [0.25, 0.3) is 0 Å². The zero-order valence-electron chi connectivity index (χ0n) is 11.0. The molecule has 0 aromatic heterocycles. The van der Waals surface area contributed by atoms with E-state index in [-0.39, 0.29) is 11.4 Å². The van der Waals surface area contributed by atoms with E-state index in [1.807, 2.05) is 0 Å². The summed E-state index contributed by atoms with van der Waals surface area (Å²) in [4.78, 5) is 2.30. The maximum Gasteiger partial charge on any atom is 0.129 e. The Bertz CT molecular complexity index is 420. The molecule has 100 valence electrons. The van der Waals surface area contributed by atoms with Crippen molar-refractivity contribution in [3.05, 3.63) is 34.6 Å². The van der Waals surface area contributed by atoms with Gasteiger partial charge in [-0.25, -0.2) is 4.39 Å². The van der Waals surface area contributed by atoms with Crippen LogP contribution in [0.25, 0.3) is 0 Å². The van der Waals surface area contributed by atoms with Gasteiger partial charge in [0.1, 0.15) is 5.82 Å². The van der Waals surface area contributed by atoms with Gasteiger partial charge in [0, 0.05) is 29.2 Å². The molecule has 1 N–H and O–H groups in total. The van der Waals surface area contributed by atoms with E-state index < -0.39 is 0 Å². The summed E-state index contributed by atoms with van der Waals surface area (Å²) in [5, 5.41) is 3.96. The lowest BCUT2D eigenvalue weighted by Crippen LogP contribution is -2.46. The number of hydrogen-bond acceptors (Lipinski definition) is 2. The van der Waals surface area contributed by atoms with Crippen LogP contribution >= 0.6 is 11.6 Å². The average Bonchev–Trinajstić information content (AvgIpc) is 2.43. The quantitative estimate of drug-likeness (QED) is 0.889. The SMILES string of the molecule is CC1(C)CN(Cc2ccc(Cl)cc2F)CCCN1. The summed E-state index contributed by atoms with van der Waals surface area (Å²) in [5.41, 5.74) is 0.802. The molecule has 0 aliphatic carbocycles. The van der Waals surface area contributed by atoms with Gasteiger partial charge in [-0.05, 0) is 45.5 Å². The molecular formula is C14H20ClFN2. The fourth-order valence-corrected chi connectivity index (χ4v) is 2.61. The first-order valence-electron chi connectivity index (χ1n) is 6.38. The molecule has 1 heterocycles. The molecule has 0 radical (unpaired) electrons. The number of nitrogens with one attached hydrogen (secondary N) is 1. The van der Waals surface area contributed by atoms with Crippen molar-refractivity contribution in [1.82, 2.24) is 10.2 Å². The first-order chi connectivity index (χ1) is 8.46. The first-order valence-corrected chi connectivity index (χ1v) is 6.75. The molecule has 1 aromatic rings. The van der Waals surface area contributed by atoms with Crippen molar-refractivity contribution < 1.29 is 4.39 Å². The third kappa shape index (κ3) is 3.67. The van der Waals surface area contributed by atoms with E-state index in [1.54, 1.807) is 12.1 Å². The molecule has 0 unspecified atom stereocenters.